The summed E-state index contributed by atoms with van der Waals surface area (Å²) in [5.41, 5.74) is 2.77. The van der Waals surface area contributed by atoms with E-state index in [9.17, 15) is 13.2 Å². The van der Waals surface area contributed by atoms with Crippen molar-refractivity contribution in [1.82, 2.24) is 4.98 Å². The second-order valence-corrected chi connectivity index (χ2v) is 9.15. The molecule has 0 spiro atoms. The summed E-state index contributed by atoms with van der Waals surface area (Å²) >= 11 is 1.39. The van der Waals surface area contributed by atoms with Crippen LogP contribution in [0.3, 0.4) is 0 Å². The van der Waals surface area contributed by atoms with E-state index in [0.29, 0.717) is 16.4 Å². The Morgan fingerprint density at radius 1 is 0.966 bits per heavy atom. The predicted octanol–water partition coefficient (Wildman–Crippen LogP) is 4.66. The zero-order valence-corrected chi connectivity index (χ0v) is 17.0. The lowest BCUT2D eigenvalue weighted by molar-refractivity contribution is 0.102. The molecular formula is C21H17N3O3S2. The van der Waals surface area contributed by atoms with Crippen molar-refractivity contribution >= 4 is 48.3 Å². The van der Waals surface area contributed by atoms with Gasteiger partial charge in [0.1, 0.15) is 0 Å². The van der Waals surface area contributed by atoms with Gasteiger partial charge < -0.3 is 0 Å². The van der Waals surface area contributed by atoms with Gasteiger partial charge in [-0.15, -0.1) is 0 Å². The summed E-state index contributed by atoms with van der Waals surface area (Å²) in [4.78, 5) is 17.0. The second-order valence-electron chi connectivity index (χ2n) is 6.44. The van der Waals surface area contributed by atoms with E-state index in [4.69, 9.17) is 0 Å². The van der Waals surface area contributed by atoms with Gasteiger partial charge in [0.05, 0.1) is 15.1 Å². The van der Waals surface area contributed by atoms with Gasteiger partial charge >= 0.3 is 0 Å². The minimum atomic E-state index is -3.73. The number of carbonyl (C=O) groups excluding carboxylic acids is 1. The van der Waals surface area contributed by atoms with Crippen LogP contribution in [0.1, 0.15) is 15.9 Å². The highest BCUT2D eigenvalue weighted by Crippen LogP contribution is 2.27. The molecule has 146 valence electrons. The van der Waals surface area contributed by atoms with Gasteiger partial charge in [-0.1, -0.05) is 35.6 Å². The van der Waals surface area contributed by atoms with Crippen LogP contribution in [0.15, 0.2) is 77.7 Å². The minimum Gasteiger partial charge on any atom is -0.298 e. The van der Waals surface area contributed by atoms with Crippen molar-refractivity contribution in [1.29, 1.82) is 0 Å². The van der Waals surface area contributed by atoms with Crippen LogP contribution in [0.2, 0.25) is 0 Å². The number of nitrogens with zero attached hydrogens (tertiary/aromatic N) is 1. The number of fused-ring (bicyclic) bond motifs is 1. The third-order valence-electron chi connectivity index (χ3n) is 4.22. The lowest BCUT2D eigenvalue weighted by Gasteiger charge is -2.08. The average Bonchev–Trinajstić information content (AvgIpc) is 3.09. The van der Waals surface area contributed by atoms with Gasteiger partial charge in [0.25, 0.3) is 15.9 Å². The van der Waals surface area contributed by atoms with Gasteiger partial charge in [0, 0.05) is 11.3 Å². The van der Waals surface area contributed by atoms with Gasteiger partial charge in [-0.25, -0.2) is 13.4 Å². The van der Waals surface area contributed by atoms with Crippen molar-refractivity contribution in [2.24, 2.45) is 0 Å². The average molecular weight is 424 g/mol. The molecule has 4 rings (SSSR count). The van der Waals surface area contributed by atoms with E-state index in [1.165, 1.54) is 35.6 Å². The van der Waals surface area contributed by atoms with Crippen LogP contribution in [0.5, 0.6) is 0 Å². The predicted molar refractivity (Wildman–Crippen MR) is 116 cm³/mol. The van der Waals surface area contributed by atoms with Crippen LogP contribution in [0.25, 0.3) is 10.2 Å². The normalized spacial score (nSPS) is 11.3. The number of aromatic nitrogens is 1. The van der Waals surface area contributed by atoms with Gasteiger partial charge in [0.15, 0.2) is 5.13 Å². The van der Waals surface area contributed by atoms with E-state index >= 15 is 0 Å². The highest BCUT2D eigenvalue weighted by molar-refractivity contribution is 7.92. The van der Waals surface area contributed by atoms with Gasteiger partial charge in [-0.2, -0.15) is 0 Å². The van der Waals surface area contributed by atoms with Gasteiger partial charge in [0.2, 0.25) is 0 Å². The Hall–Kier alpha value is -3.23. The van der Waals surface area contributed by atoms with Crippen molar-refractivity contribution in [2.45, 2.75) is 11.8 Å². The molecule has 0 aliphatic heterocycles. The third-order valence-corrected chi connectivity index (χ3v) is 6.55. The number of anilines is 2. The molecule has 1 aromatic heterocycles. The molecule has 0 saturated carbocycles. The zero-order chi connectivity index (χ0) is 20.4. The molecule has 0 unspecified atom stereocenters. The number of benzene rings is 3. The number of sulfonamides is 1. The first-order chi connectivity index (χ1) is 13.9. The molecule has 6 nitrogen and oxygen atoms in total. The quantitative estimate of drug-likeness (QED) is 0.489. The van der Waals surface area contributed by atoms with Crippen LogP contribution in [0, 0.1) is 6.92 Å². The van der Waals surface area contributed by atoms with E-state index in [2.05, 4.69) is 15.0 Å². The van der Waals surface area contributed by atoms with Crippen molar-refractivity contribution in [2.75, 3.05) is 10.0 Å². The lowest BCUT2D eigenvalue weighted by Crippen LogP contribution is -2.14. The van der Waals surface area contributed by atoms with Gasteiger partial charge in [-0.3, -0.25) is 14.8 Å². The first-order valence-corrected chi connectivity index (χ1v) is 11.1. The number of carbonyl (C=O) groups is 1. The Bertz CT molecular complexity index is 1280. The molecule has 3 aromatic carbocycles. The molecule has 1 amide bonds. The molecule has 0 aliphatic carbocycles. The van der Waals surface area contributed by atoms with Crippen LogP contribution in [0.4, 0.5) is 10.8 Å². The number of amides is 1. The maximum Gasteiger partial charge on any atom is 0.261 e. The summed E-state index contributed by atoms with van der Waals surface area (Å²) in [7, 11) is -3.73. The van der Waals surface area contributed by atoms with Crippen molar-refractivity contribution in [3.8, 4) is 0 Å². The van der Waals surface area contributed by atoms with Crippen molar-refractivity contribution < 1.29 is 13.2 Å². The Balaban J connectivity index is 1.50. The highest BCUT2D eigenvalue weighted by Gasteiger charge is 2.16. The second kappa shape index (κ2) is 7.65. The standard InChI is InChI=1S/C21H17N3O3S2/c1-14-7-12-18-19(13-14)28-21(22-18)23-20(25)15-8-10-17(11-9-15)29(26,27)24-16-5-3-2-4-6-16/h2-13,24H,1H3,(H,22,23,25). The smallest absolute Gasteiger partial charge is 0.261 e. The maximum absolute atomic E-state index is 12.5. The monoisotopic (exact) mass is 423 g/mol. The van der Waals surface area contributed by atoms with Gasteiger partial charge in [-0.05, 0) is 61.0 Å². The molecule has 0 bridgehead atoms. The number of rotatable bonds is 5. The Kier molecular flexibility index (Phi) is 5.04. The van der Waals surface area contributed by atoms with E-state index in [-0.39, 0.29) is 10.8 Å². The van der Waals surface area contributed by atoms with Crippen LogP contribution < -0.4 is 10.0 Å². The number of para-hydroxylation sites is 1. The van der Waals surface area contributed by atoms with Crippen LogP contribution >= 0.6 is 11.3 Å². The van der Waals surface area contributed by atoms with E-state index in [1.54, 1.807) is 30.3 Å². The fourth-order valence-corrected chi connectivity index (χ4v) is 4.78. The Morgan fingerprint density at radius 3 is 2.41 bits per heavy atom. The Labute approximate surface area is 172 Å². The highest BCUT2D eigenvalue weighted by atomic mass is 32.2. The molecule has 4 aromatic rings. The topological polar surface area (TPSA) is 88.2 Å². The summed E-state index contributed by atoms with van der Waals surface area (Å²) in [6.07, 6.45) is 0. The number of aryl methyl sites for hydroxylation is 1. The summed E-state index contributed by atoms with van der Waals surface area (Å²) < 4.78 is 28.5. The summed E-state index contributed by atoms with van der Waals surface area (Å²) in [6.45, 7) is 2.00. The number of thiazole rings is 1. The first kappa shape index (κ1) is 19.1. The SMILES string of the molecule is Cc1ccc2nc(NC(=O)c3ccc(S(=O)(=O)Nc4ccccc4)cc3)sc2c1. The minimum absolute atomic E-state index is 0.0772. The molecule has 0 aliphatic rings. The largest absolute Gasteiger partial charge is 0.298 e. The van der Waals surface area contributed by atoms with E-state index in [1.807, 2.05) is 25.1 Å². The Morgan fingerprint density at radius 2 is 1.69 bits per heavy atom. The van der Waals surface area contributed by atoms with Crippen molar-refractivity contribution in [3.05, 3.63) is 83.9 Å². The molecular weight excluding hydrogens is 406 g/mol. The fraction of sp³-hybridized carbons (Fsp3) is 0.0476. The molecule has 2 N–H and O–H groups in total. The van der Waals surface area contributed by atoms with Crippen LogP contribution in [-0.2, 0) is 10.0 Å². The molecule has 0 radical (unpaired) electrons. The van der Waals surface area contributed by atoms with E-state index in [0.717, 1.165) is 15.8 Å². The lowest BCUT2D eigenvalue weighted by atomic mass is 10.2. The van der Waals surface area contributed by atoms with Crippen molar-refractivity contribution in [3.63, 3.8) is 0 Å². The molecule has 0 atom stereocenters. The summed E-state index contributed by atoms with van der Waals surface area (Å²) in [5.74, 6) is -0.347. The number of hydrogen-bond donors (Lipinski definition) is 2. The third kappa shape index (κ3) is 4.28. The summed E-state index contributed by atoms with van der Waals surface area (Å²) in [5, 5.41) is 3.27. The zero-order valence-electron chi connectivity index (χ0n) is 15.4. The molecule has 29 heavy (non-hydrogen) atoms. The number of hydrogen-bond acceptors (Lipinski definition) is 5. The van der Waals surface area contributed by atoms with E-state index < -0.39 is 10.0 Å². The summed E-state index contributed by atoms with van der Waals surface area (Å²) in [6, 6.07) is 20.3. The van der Waals surface area contributed by atoms with Crippen LogP contribution in [-0.4, -0.2) is 19.3 Å². The molecule has 0 fully saturated rings. The maximum atomic E-state index is 12.5. The molecule has 1 heterocycles. The fourth-order valence-electron chi connectivity index (χ4n) is 2.76. The molecule has 8 heteroatoms. The molecule has 0 saturated heterocycles. The number of nitrogens with one attached hydrogen (secondary N) is 2. The first-order valence-electron chi connectivity index (χ1n) is 8.77.